The molecule has 0 radical (unpaired) electrons. The molecule has 5 aromatic rings. The number of aliphatic hydroxyl groups excluding tert-OH is 1. The quantitative estimate of drug-likeness (QED) is 0.130. The van der Waals surface area contributed by atoms with Crippen LogP contribution in [-0.4, -0.2) is 109 Å². The third kappa shape index (κ3) is 6.14. The zero-order valence-electron chi connectivity index (χ0n) is 32.1. The lowest BCUT2D eigenvalue weighted by Crippen LogP contribution is -2.68. The number of hydrogen-bond donors (Lipinski definition) is 4. The molecule has 0 unspecified atom stereocenters. The van der Waals surface area contributed by atoms with Gasteiger partial charge in [0.25, 0.3) is 5.88 Å². The number of aromatic nitrogens is 5. The smallest absolute Gasteiger partial charge is 0.254 e. The molecule has 2 amide bonds. The number of β-amino-alcohol motifs (C(OH)–C–C–N with tert-alkyl or cyclic N) is 1. The number of hydrogen-bond acceptors (Lipinski definition) is 12. The van der Waals surface area contributed by atoms with Gasteiger partial charge in [0.1, 0.15) is 23.8 Å². The number of carbonyl (C=O) groups is 2. The lowest BCUT2D eigenvalue weighted by molar-refractivity contribution is -0.150. The van der Waals surface area contributed by atoms with Gasteiger partial charge in [-0.3, -0.25) is 14.5 Å². The molecule has 5 aliphatic rings. The van der Waals surface area contributed by atoms with Crippen molar-refractivity contribution in [1.29, 1.82) is 0 Å². The molecule has 3 aliphatic carbocycles. The Bertz CT molecular complexity index is 2280. The van der Waals surface area contributed by atoms with Crippen molar-refractivity contribution >= 4 is 34.2 Å². The number of aromatic hydroxyl groups is 1. The Balaban J connectivity index is 0.777. The Morgan fingerprint density at radius 1 is 1.14 bits per heavy atom. The molecule has 2 bridgehead atoms. The fraction of sp³-hybridized carbons (Fsp3) is 0.512. The Morgan fingerprint density at radius 2 is 1.93 bits per heavy atom. The summed E-state index contributed by atoms with van der Waals surface area (Å²) in [4.78, 5) is 41.0. The Morgan fingerprint density at radius 3 is 2.66 bits per heavy atom. The van der Waals surface area contributed by atoms with E-state index in [4.69, 9.17) is 9.26 Å². The maximum atomic E-state index is 14.4. The molecular formula is C41H48N8O6S. The van der Waals surface area contributed by atoms with E-state index in [1.165, 1.54) is 9.78 Å². The van der Waals surface area contributed by atoms with Gasteiger partial charge in [-0.1, -0.05) is 26.0 Å². The van der Waals surface area contributed by atoms with Gasteiger partial charge in [-0.25, -0.2) is 4.98 Å². The minimum Gasteiger partial charge on any atom is -0.507 e. The lowest BCUT2D eigenvalue weighted by Gasteiger charge is -2.70. The van der Waals surface area contributed by atoms with Gasteiger partial charge in [-0.15, -0.1) is 21.5 Å². The summed E-state index contributed by atoms with van der Waals surface area (Å²) in [7, 11) is 0. The van der Waals surface area contributed by atoms with E-state index in [-0.39, 0.29) is 47.3 Å². The molecule has 10 rings (SSSR count). The van der Waals surface area contributed by atoms with Gasteiger partial charge in [0.05, 0.1) is 23.0 Å². The highest BCUT2D eigenvalue weighted by Gasteiger charge is 2.69. The summed E-state index contributed by atoms with van der Waals surface area (Å²) >= 11 is 1.73. The summed E-state index contributed by atoms with van der Waals surface area (Å²) in [6.45, 7) is 11.2. The number of carbonyl (C=O) groups excluding carboxylic acids is 2. The number of likely N-dealkylation sites (tertiary alicyclic amines) is 2. The summed E-state index contributed by atoms with van der Waals surface area (Å²) in [6, 6.07) is 12.1. The number of phenolic OH excluding ortho intramolecular Hbond substituents is 1. The number of H-pyrrole nitrogens is 1. The third-order valence-electron chi connectivity index (χ3n) is 13.1. The van der Waals surface area contributed by atoms with E-state index >= 15 is 0 Å². The molecule has 4 N–H and O–H groups in total. The van der Waals surface area contributed by atoms with E-state index in [1.54, 1.807) is 29.5 Å². The Hall–Kier alpha value is -4.86. The average Bonchev–Trinajstić information content (AvgIpc) is 3.94. The molecule has 0 spiro atoms. The highest BCUT2D eigenvalue weighted by molar-refractivity contribution is 7.10. The third-order valence-corrected chi connectivity index (χ3v) is 14.3. The topological polar surface area (TPSA) is 183 Å². The Labute approximate surface area is 328 Å². The van der Waals surface area contributed by atoms with Crippen molar-refractivity contribution in [2.75, 3.05) is 39.3 Å². The van der Waals surface area contributed by atoms with Crippen LogP contribution in [0.2, 0.25) is 0 Å². The van der Waals surface area contributed by atoms with Crippen LogP contribution in [0.5, 0.6) is 11.6 Å². The highest BCUT2D eigenvalue weighted by Crippen LogP contribution is 2.74. The van der Waals surface area contributed by atoms with Gasteiger partial charge < -0.3 is 34.7 Å². The van der Waals surface area contributed by atoms with E-state index < -0.39 is 17.6 Å². The number of nitrogens with one attached hydrogen (secondary N) is 2. The fourth-order valence-corrected chi connectivity index (χ4v) is 10.7. The number of aryl methyl sites for hydroxylation is 1. The average molecular weight is 781 g/mol. The van der Waals surface area contributed by atoms with Gasteiger partial charge in [0.15, 0.2) is 11.4 Å². The first kappa shape index (κ1) is 36.8. The first-order valence-corrected chi connectivity index (χ1v) is 20.4. The van der Waals surface area contributed by atoms with Crippen molar-refractivity contribution in [2.45, 2.75) is 82.3 Å². The highest BCUT2D eigenvalue weighted by atomic mass is 32.1. The second-order valence-corrected chi connectivity index (χ2v) is 18.0. The number of benzene rings is 1. The molecule has 3 atom stereocenters. The van der Waals surface area contributed by atoms with Crippen molar-refractivity contribution in [2.24, 2.45) is 11.3 Å². The zero-order valence-corrected chi connectivity index (χ0v) is 32.9. The SMILES string of the molecule is Cc1ncsc1C12CC(CNC(=O)[C@@H]3C[C@@H](O)CN3C(=O)[C@](C)(c3cc(OCCN4CC(c5cc6cc(-c7ccccc7O)nnc6[nH]5)C4)no3)C(C)C)(C1)C2. The molecule has 3 saturated carbocycles. The van der Waals surface area contributed by atoms with E-state index in [1.807, 2.05) is 44.5 Å². The van der Waals surface area contributed by atoms with Crippen LogP contribution in [0.1, 0.15) is 74.4 Å². The van der Waals surface area contributed by atoms with Crippen molar-refractivity contribution in [3.63, 3.8) is 0 Å². The van der Waals surface area contributed by atoms with Crippen molar-refractivity contribution in [1.82, 2.24) is 40.4 Å². The standard InChI is InChI=1S/C41H48N8O6S/c1-23(2)39(4,38(53)49-17-27(50)13-31(49)37(52)42-21-40-18-41(19-40,20-40)35-24(3)43-22-56-35)33-14-34(47-55-33)54-10-9-48-15-26(16-48)29-11-25-12-30(45-46-36(25)44-29)28-7-5-6-8-32(28)51/h5-8,11-12,14,22-23,26-27,31,50-51H,9-10,13,15-21H2,1-4H3,(H,42,52)(H,44,46)/t27-,31+,39+,40?,41?/m1/s1. The van der Waals surface area contributed by atoms with E-state index in [0.29, 0.717) is 54.2 Å². The minimum absolute atomic E-state index is 0.0810. The number of rotatable bonds is 13. The summed E-state index contributed by atoms with van der Waals surface area (Å²) < 4.78 is 11.8. The number of amides is 2. The summed E-state index contributed by atoms with van der Waals surface area (Å²) in [5.41, 5.74) is 5.28. The van der Waals surface area contributed by atoms with Crippen LogP contribution in [-0.2, 0) is 20.4 Å². The van der Waals surface area contributed by atoms with Crippen molar-refractivity contribution in [3.8, 4) is 22.9 Å². The number of para-hydroxylation sites is 1. The molecule has 4 aromatic heterocycles. The molecule has 2 aliphatic heterocycles. The summed E-state index contributed by atoms with van der Waals surface area (Å²) in [5.74, 6) is 0.450. The summed E-state index contributed by atoms with van der Waals surface area (Å²) in [6.07, 6.45) is 2.54. The van der Waals surface area contributed by atoms with Crippen LogP contribution < -0.4 is 10.1 Å². The van der Waals surface area contributed by atoms with E-state index in [9.17, 15) is 19.8 Å². The molecule has 5 fully saturated rings. The summed E-state index contributed by atoms with van der Waals surface area (Å²) in [5, 5.41) is 37.8. The van der Waals surface area contributed by atoms with Gasteiger partial charge in [0, 0.05) is 78.1 Å². The zero-order chi connectivity index (χ0) is 39.0. The molecule has 15 heteroatoms. The Kier molecular flexibility index (Phi) is 8.97. The second-order valence-electron chi connectivity index (χ2n) is 17.1. The fourth-order valence-electron chi connectivity index (χ4n) is 9.65. The van der Waals surface area contributed by atoms with Crippen LogP contribution >= 0.6 is 11.3 Å². The number of aromatic amines is 1. The molecule has 1 aromatic carbocycles. The first-order chi connectivity index (χ1) is 26.9. The predicted molar refractivity (Wildman–Crippen MR) is 208 cm³/mol. The van der Waals surface area contributed by atoms with Crippen molar-refractivity contribution < 1.29 is 29.1 Å². The van der Waals surface area contributed by atoms with Crippen molar-refractivity contribution in [3.05, 3.63) is 70.0 Å². The van der Waals surface area contributed by atoms with Crippen LogP contribution in [0.4, 0.5) is 0 Å². The number of phenols is 1. The number of ether oxygens (including phenoxy) is 1. The largest absolute Gasteiger partial charge is 0.507 e. The molecule has 14 nitrogen and oxygen atoms in total. The number of thiazole rings is 1. The maximum Gasteiger partial charge on any atom is 0.254 e. The number of fused-ring (bicyclic) bond motifs is 1. The van der Waals surface area contributed by atoms with E-state index in [0.717, 1.165) is 49.1 Å². The lowest BCUT2D eigenvalue weighted by atomic mass is 9.34. The minimum atomic E-state index is -1.14. The van der Waals surface area contributed by atoms with Gasteiger partial charge in [-0.2, -0.15) is 0 Å². The first-order valence-electron chi connectivity index (χ1n) is 19.5. The van der Waals surface area contributed by atoms with Crippen LogP contribution in [0.3, 0.4) is 0 Å². The van der Waals surface area contributed by atoms with Crippen LogP contribution in [0.25, 0.3) is 22.3 Å². The van der Waals surface area contributed by atoms with Gasteiger partial charge in [0.2, 0.25) is 11.8 Å². The molecular weight excluding hydrogens is 733 g/mol. The number of nitrogens with zero attached hydrogens (tertiary/aromatic N) is 6. The van der Waals surface area contributed by atoms with Gasteiger partial charge >= 0.3 is 0 Å². The van der Waals surface area contributed by atoms with Crippen LogP contribution in [0.15, 0.2) is 52.5 Å². The van der Waals surface area contributed by atoms with Gasteiger partial charge in [-0.05, 0) is 73.9 Å². The molecule has 6 heterocycles. The maximum absolute atomic E-state index is 14.4. The molecule has 56 heavy (non-hydrogen) atoms. The van der Waals surface area contributed by atoms with E-state index in [2.05, 4.69) is 48.5 Å². The second kappa shape index (κ2) is 13.7. The predicted octanol–water partition coefficient (Wildman–Crippen LogP) is 4.68. The monoisotopic (exact) mass is 780 g/mol. The van der Waals surface area contributed by atoms with Crippen LogP contribution in [0, 0.1) is 18.3 Å². The number of aliphatic hydroxyl groups is 1. The molecule has 294 valence electrons. The molecule has 2 saturated heterocycles. The normalized spacial score (nSPS) is 25.8.